The Balaban J connectivity index is 1.91. The van der Waals surface area contributed by atoms with Crippen LogP contribution in [0, 0.1) is 6.92 Å². The van der Waals surface area contributed by atoms with E-state index in [1.165, 1.54) is 12.1 Å². The molecule has 0 aromatic carbocycles. The van der Waals surface area contributed by atoms with E-state index in [0.717, 1.165) is 18.7 Å². The number of aryl methyl sites for hydroxylation is 1. The van der Waals surface area contributed by atoms with Crippen molar-refractivity contribution in [3.05, 3.63) is 23.7 Å². The van der Waals surface area contributed by atoms with Gasteiger partial charge in [-0.05, 0) is 38.4 Å². The van der Waals surface area contributed by atoms with E-state index in [-0.39, 0.29) is 6.04 Å². The molecule has 0 aliphatic carbocycles. The fourth-order valence-electron chi connectivity index (χ4n) is 2.21. The van der Waals surface area contributed by atoms with Crippen LogP contribution in [0.5, 0.6) is 0 Å². The van der Waals surface area contributed by atoms with Crippen molar-refractivity contribution in [1.82, 2.24) is 20.0 Å². The van der Waals surface area contributed by atoms with Gasteiger partial charge in [0, 0.05) is 12.7 Å². The van der Waals surface area contributed by atoms with Crippen molar-refractivity contribution in [1.29, 1.82) is 0 Å². The van der Waals surface area contributed by atoms with Crippen molar-refractivity contribution in [2.24, 2.45) is 7.05 Å². The Hall–Kier alpha value is -1.62. The van der Waals surface area contributed by atoms with E-state index in [1.54, 1.807) is 0 Å². The molecular weight excluding hydrogens is 216 g/mol. The van der Waals surface area contributed by atoms with E-state index >= 15 is 0 Å². The summed E-state index contributed by atoms with van der Waals surface area (Å²) in [4.78, 5) is 4.48. The lowest BCUT2D eigenvalue weighted by molar-refractivity contribution is 0.344. The van der Waals surface area contributed by atoms with Gasteiger partial charge in [0.05, 0.1) is 11.7 Å². The highest BCUT2D eigenvalue weighted by Gasteiger charge is 2.23. The molecule has 2 aromatic heterocycles. The first-order valence-electron chi connectivity index (χ1n) is 5.95. The maximum atomic E-state index is 5.33. The van der Waals surface area contributed by atoms with Crippen LogP contribution in [0.2, 0.25) is 0 Å². The number of hydrogen-bond acceptors (Lipinski definition) is 4. The van der Waals surface area contributed by atoms with Crippen LogP contribution >= 0.6 is 0 Å². The molecule has 90 valence electrons. The molecule has 0 bridgehead atoms. The smallest absolute Gasteiger partial charge is 0.244 e. The van der Waals surface area contributed by atoms with Crippen LogP contribution in [-0.4, -0.2) is 21.3 Å². The zero-order chi connectivity index (χ0) is 11.8. The molecule has 17 heavy (non-hydrogen) atoms. The van der Waals surface area contributed by atoms with E-state index in [1.807, 2.05) is 13.1 Å². The molecule has 3 heterocycles. The fraction of sp³-hybridized carbons (Fsp3) is 0.500. The van der Waals surface area contributed by atoms with Gasteiger partial charge in [-0.3, -0.25) is 0 Å². The Bertz CT molecular complexity index is 522. The van der Waals surface area contributed by atoms with Crippen LogP contribution in [0.3, 0.4) is 0 Å². The van der Waals surface area contributed by atoms with E-state index in [0.29, 0.717) is 11.7 Å². The summed E-state index contributed by atoms with van der Waals surface area (Å²) >= 11 is 0. The molecule has 0 amide bonds. The highest BCUT2D eigenvalue weighted by Crippen LogP contribution is 2.24. The minimum atomic E-state index is 0.234. The van der Waals surface area contributed by atoms with Crippen LogP contribution in [0.4, 0.5) is 0 Å². The highest BCUT2D eigenvalue weighted by atomic mass is 16.5. The van der Waals surface area contributed by atoms with Gasteiger partial charge in [-0.15, -0.1) is 0 Å². The third-order valence-corrected chi connectivity index (χ3v) is 3.40. The van der Waals surface area contributed by atoms with Crippen molar-refractivity contribution >= 4 is 0 Å². The standard InChI is InChI=1S/C12H16N4O/c1-8-5-6-10(16(8)2)11-14-12(17-15-11)9-4-3-7-13-9/h5-6,9,13H,3-4,7H2,1-2H3. The normalized spacial score (nSPS) is 20.0. The lowest BCUT2D eigenvalue weighted by Gasteiger charge is -2.02. The molecule has 2 aromatic rings. The van der Waals surface area contributed by atoms with Crippen molar-refractivity contribution in [2.45, 2.75) is 25.8 Å². The van der Waals surface area contributed by atoms with Gasteiger partial charge in [0.25, 0.3) is 0 Å². The first-order chi connectivity index (χ1) is 8.25. The molecule has 5 nitrogen and oxygen atoms in total. The molecule has 1 atom stereocenters. The summed E-state index contributed by atoms with van der Waals surface area (Å²) in [6.45, 7) is 3.09. The lowest BCUT2D eigenvalue weighted by atomic mass is 10.2. The van der Waals surface area contributed by atoms with E-state index < -0.39 is 0 Å². The number of hydrogen-bond donors (Lipinski definition) is 1. The van der Waals surface area contributed by atoms with Gasteiger partial charge >= 0.3 is 0 Å². The van der Waals surface area contributed by atoms with Crippen LogP contribution in [-0.2, 0) is 7.05 Å². The molecule has 5 heteroatoms. The maximum absolute atomic E-state index is 5.33. The number of nitrogens with zero attached hydrogens (tertiary/aromatic N) is 3. The Morgan fingerprint density at radius 2 is 2.35 bits per heavy atom. The molecule has 1 aliphatic heterocycles. The second-order valence-corrected chi connectivity index (χ2v) is 4.52. The molecule has 1 N–H and O–H groups in total. The maximum Gasteiger partial charge on any atom is 0.244 e. The zero-order valence-electron chi connectivity index (χ0n) is 10.1. The SMILES string of the molecule is Cc1ccc(-c2noc(C3CCCN3)n2)n1C. The number of aromatic nitrogens is 3. The summed E-state index contributed by atoms with van der Waals surface area (Å²) in [6, 6.07) is 4.31. The molecule has 1 fully saturated rings. The Kier molecular flexibility index (Phi) is 2.48. The van der Waals surface area contributed by atoms with Crippen LogP contribution in [0.15, 0.2) is 16.7 Å². The van der Waals surface area contributed by atoms with Crippen molar-refractivity contribution in [2.75, 3.05) is 6.54 Å². The Morgan fingerprint density at radius 3 is 3.00 bits per heavy atom. The fourth-order valence-corrected chi connectivity index (χ4v) is 2.21. The van der Waals surface area contributed by atoms with Crippen LogP contribution < -0.4 is 5.32 Å². The minimum absolute atomic E-state index is 0.234. The predicted octanol–water partition coefficient (Wildman–Crippen LogP) is 1.81. The first-order valence-corrected chi connectivity index (χ1v) is 5.95. The summed E-state index contributed by atoms with van der Waals surface area (Å²) < 4.78 is 7.40. The molecular formula is C12H16N4O. The van der Waals surface area contributed by atoms with E-state index in [2.05, 4.69) is 33.0 Å². The Morgan fingerprint density at radius 1 is 1.47 bits per heavy atom. The summed E-state index contributed by atoms with van der Waals surface area (Å²) in [6.07, 6.45) is 2.25. The average molecular weight is 232 g/mol. The van der Waals surface area contributed by atoms with Gasteiger partial charge in [0.15, 0.2) is 0 Å². The first kappa shape index (κ1) is 10.5. The van der Waals surface area contributed by atoms with Gasteiger partial charge in [-0.2, -0.15) is 4.98 Å². The summed E-state index contributed by atoms with van der Waals surface area (Å²) in [5.41, 5.74) is 2.18. The van der Waals surface area contributed by atoms with Gasteiger partial charge < -0.3 is 14.4 Å². The molecule has 1 saturated heterocycles. The minimum Gasteiger partial charge on any atom is -0.345 e. The predicted molar refractivity (Wildman–Crippen MR) is 63.4 cm³/mol. The molecule has 0 spiro atoms. The van der Waals surface area contributed by atoms with Gasteiger partial charge in [-0.25, -0.2) is 0 Å². The average Bonchev–Trinajstić information content (AvgIpc) is 3.01. The number of rotatable bonds is 2. The summed E-state index contributed by atoms with van der Waals surface area (Å²) in [5, 5.41) is 7.41. The molecule has 1 aliphatic rings. The topological polar surface area (TPSA) is 55.9 Å². The third-order valence-electron chi connectivity index (χ3n) is 3.40. The molecule has 0 saturated carbocycles. The summed E-state index contributed by atoms with van der Waals surface area (Å²) in [7, 11) is 2.01. The quantitative estimate of drug-likeness (QED) is 0.858. The van der Waals surface area contributed by atoms with E-state index in [9.17, 15) is 0 Å². The van der Waals surface area contributed by atoms with Crippen molar-refractivity contribution in [3.63, 3.8) is 0 Å². The Labute approximate surface area is 99.8 Å². The van der Waals surface area contributed by atoms with Crippen LogP contribution in [0.1, 0.15) is 30.5 Å². The van der Waals surface area contributed by atoms with Crippen LogP contribution in [0.25, 0.3) is 11.5 Å². The van der Waals surface area contributed by atoms with Gasteiger partial charge in [-0.1, -0.05) is 5.16 Å². The molecule has 3 rings (SSSR count). The summed E-state index contributed by atoms with van der Waals surface area (Å²) in [5.74, 6) is 1.38. The highest BCUT2D eigenvalue weighted by molar-refractivity contribution is 5.50. The van der Waals surface area contributed by atoms with E-state index in [4.69, 9.17) is 4.52 Å². The second kappa shape index (κ2) is 4.00. The van der Waals surface area contributed by atoms with Gasteiger partial charge in [0.2, 0.25) is 11.7 Å². The zero-order valence-corrected chi connectivity index (χ0v) is 10.1. The second-order valence-electron chi connectivity index (χ2n) is 4.52. The molecule has 1 unspecified atom stereocenters. The van der Waals surface area contributed by atoms with Crippen molar-refractivity contribution in [3.8, 4) is 11.5 Å². The van der Waals surface area contributed by atoms with Crippen molar-refractivity contribution < 1.29 is 4.52 Å². The third kappa shape index (κ3) is 1.76. The largest absolute Gasteiger partial charge is 0.345 e. The molecule has 0 radical (unpaired) electrons. The van der Waals surface area contributed by atoms with Gasteiger partial charge in [0.1, 0.15) is 0 Å². The monoisotopic (exact) mass is 232 g/mol. The number of nitrogens with one attached hydrogen (secondary N) is 1. The lowest BCUT2D eigenvalue weighted by Crippen LogP contribution is -2.13.